The quantitative estimate of drug-likeness (QED) is 0.0937. The minimum Gasteiger partial charge on any atom is -0.465 e. The number of likely N-dealkylation sites (tertiary alicyclic amines) is 2. The van der Waals surface area contributed by atoms with E-state index in [0.717, 1.165) is 80.3 Å². The lowest BCUT2D eigenvalue weighted by atomic mass is 9.98. The van der Waals surface area contributed by atoms with E-state index in [-0.39, 0.29) is 23.9 Å². The number of nitrogens with zero attached hydrogens (tertiary/aromatic N) is 6. The minimum absolute atomic E-state index is 0.269. The molecule has 14 nitrogen and oxygen atoms in total. The van der Waals surface area contributed by atoms with Gasteiger partial charge in [0.15, 0.2) is 0 Å². The van der Waals surface area contributed by atoms with Crippen molar-refractivity contribution in [1.29, 1.82) is 0 Å². The van der Waals surface area contributed by atoms with Crippen LogP contribution >= 0.6 is 0 Å². The Morgan fingerprint density at radius 3 is 1.15 bits per heavy atom. The van der Waals surface area contributed by atoms with Gasteiger partial charge < -0.3 is 30.0 Å². The number of hydrogen-bond acceptors (Lipinski definition) is 6. The first-order chi connectivity index (χ1) is 32.0. The van der Waals surface area contributed by atoms with Crippen LogP contribution in [0.4, 0.5) is 9.59 Å². The fourth-order valence-corrected chi connectivity index (χ4v) is 9.33. The van der Waals surface area contributed by atoms with Gasteiger partial charge in [0.2, 0.25) is 0 Å². The van der Waals surface area contributed by atoms with Crippen molar-refractivity contribution in [1.82, 2.24) is 39.5 Å². The number of carboxylic acid groups (broad SMARTS) is 2. The van der Waals surface area contributed by atoms with E-state index in [0.29, 0.717) is 35.9 Å². The molecule has 4 N–H and O–H groups in total. The highest BCUT2D eigenvalue weighted by atomic mass is 16.4. The average molecular weight is 883 g/mol. The number of nitrogens with one attached hydrogen (secondary N) is 2. The van der Waals surface area contributed by atoms with E-state index in [1.54, 1.807) is 58.3 Å². The summed E-state index contributed by atoms with van der Waals surface area (Å²) in [5.41, 5.74) is 8.87. The molecule has 0 bridgehead atoms. The van der Waals surface area contributed by atoms with E-state index in [4.69, 9.17) is 9.97 Å². The molecule has 7 aromatic rings. The topological polar surface area (TPSA) is 179 Å². The Morgan fingerprint density at radius 1 is 0.515 bits per heavy atom. The average Bonchev–Trinajstić information content (AvgIpc) is 4.20. The van der Waals surface area contributed by atoms with Gasteiger partial charge >= 0.3 is 12.2 Å². The van der Waals surface area contributed by atoms with Crippen molar-refractivity contribution >= 4 is 24.0 Å². The second-order valence-electron chi connectivity index (χ2n) is 16.9. The Labute approximate surface area is 382 Å². The Balaban J connectivity index is 0.843. The van der Waals surface area contributed by atoms with Gasteiger partial charge in [0, 0.05) is 50.7 Å². The summed E-state index contributed by atoms with van der Waals surface area (Å²) in [5.74, 6) is 0.810. The number of H-pyrrole nitrogens is 2. The maximum absolute atomic E-state index is 14.0. The van der Waals surface area contributed by atoms with E-state index in [1.807, 2.05) is 48.8 Å². The number of likely N-dealkylation sites (N-methyl/N-ethyl adjacent to an activating group) is 2. The van der Waals surface area contributed by atoms with Crippen LogP contribution in [0.2, 0.25) is 0 Å². The van der Waals surface area contributed by atoms with Crippen molar-refractivity contribution in [3.05, 3.63) is 169 Å². The van der Waals surface area contributed by atoms with Crippen LogP contribution in [-0.2, 0) is 9.59 Å². The summed E-state index contributed by atoms with van der Waals surface area (Å²) < 4.78 is 0. The molecule has 0 spiro atoms. The fourth-order valence-electron chi connectivity index (χ4n) is 9.33. The molecule has 0 saturated carbocycles. The summed E-state index contributed by atoms with van der Waals surface area (Å²) in [5, 5.41) is 19.6. The van der Waals surface area contributed by atoms with Crippen LogP contribution in [0.3, 0.4) is 0 Å². The van der Waals surface area contributed by atoms with E-state index in [1.165, 1.54) is 14.1 Å². The molecule has 2 aromatic heterocycles. The van der Waals surface area contributed by atoms with Crippen LogP contribution in [0.25, 0.3) is 44.8 Å². The monoisotopic (exact) mass is 882 g/mol. The summed E-state index contributed by atoms with van der Waals surface area (Å²) in [4.78, 5) is 74.1. The standard InChI is InChI=1S/C52H50N8O6/c1-57(51(63)64)45(39-11-5-3-6-12-39)49(61)59-29-9-15-43(59)47-53-31-41(55-47)37-25-21-35(22-26-37)33-17-19-34(20-18-33)36-23-27-38(28-24-36)42-32-54-48(56-42)44-16-10-30-60(44)50(62)46(58(2)52(65)66)40-13-7-4-8-14-40/h3-8,11-14,17-28,31-32,43-46H,9-10,15-16,29-30H2,1-2H3,(H,53,55)(H,54,56)(H,63,64)(H,65,66)/t43-,44-,45+,46+/m0/s1. The van der Waals surface area contributed by atoms with E-state index >= 15 is 0 Å². The zero-order chi connectivity index (χ0) is 45.9. The molecule has 334 valence electrons. The predicted molar refractivity (Wildman–Crippen MR) is 250 cm³/mol. The molecule has 0 radical (unpaired) electrons. The number of imidazole rings is 2. The largest absolute Gasteiger partial charge is 0.465 e. The molecule has 4 amide bonds. The minimum atomic E-state index is -1.17. The highest BCUT2D eigenvalue weighted by molar-refractivity contribution is 5.88. The Kier molecular flexibility index (Phi) is 12.2. The maximum atomic E-state index is 14.0. The van der Waals surface area contributed by atoms with Gasteiger partial charge in [0.25, 0.3) is 11.8 Å². The third-order valence-electron chi connectivity index (χ3n) is 12.9. The molecule has 2 aliphatic rings. The second-order valence-corrected chi connectivity index (χ2v) is 16.9. The van der Waals surface area contributed by atoms with Crippen LogP contribution in [0.15, 0.2) is 146 Å². The molecule has 2 aliphatic heterocycles. The maximum Gasteiger partial charge on any atom is 0.407 e. The van der Waals surface area contributed by atoms with Crippen LogP contribution in [0.1, 0.15) is 72.6 Å². The SMILES string of the molecule is CN(C(=O)O)[C@@H](C(=O)N1CCC[C@H]1c1nc(-c2ccc(-c3ccc(-c4ccc(-c5c[nH]c([C@@H]6CCCN6C(=O)[C@@H](c6ccccc6)N(C)C(=O)O)n5)cc4)cc3)cc2)c[nH]1)c1ccccc1. The number of aromatic nitrogens is 4. The molecule has 2 fully saturated rings. The normalized spacial score (nSPS) is 16.8. The number of carbonyl (C=O) groups is 4. The first-order valence-corrected chi connectivity index (χ1v) is 22.1. The molecule has 9 rings (SSSR count). The van der Waals surface area contributed by atoms with Crippen molar-refractivity contribution in [3.8, 4) is 44.8 Å². The fraction of sp³-hybridized carbons (Fsp3) is 0.231. The molecule has 4 heterocycles. The Bertz CT molecular complexity index is 2630. The lowest BCUT2D eigenvalue weighted by Gasteiger charge is -2.32. The molecule has 14 heteroatoms. The summed E-state index contributed by atoms with van der Waals surface area (Å²) in [6.07, 6.45) is 4.38. The van der Waals surface area contributed by atoms with Gasteiger partial charge in [-0.3, -0.25) is 19.4 Å². The van der Waals surface area contributed by atoms with Gasteiger partial charge in [-0.05, 0) is 59.1 Å². The van der Waals surface area contributed by atoms with Gasteiger partial charge in [-0.25, -0.2) is 19.6 Å². The smallest absolute Gasteiger partial charge is 0.407 e. The summed E-state index contributed by atoms with van der Waals surface area (Å²) in [7, 11) is 2.86. The van der Waals surface area contributed by atoms with Crippen molar-refractivity contribution in [2.45, 2.75) is 49.9 Å². The highest BCUT2D eigenvalue weighted by Gasteiger charge is 2.40. The van der Waals surface area contributed by atoms with Gasteiger partial charge in [-0.2, -0.15) is 0 Å². The molecule has 0 unspecified atom stereocenters. The number of carbonyl (C=O) groups excluding carboxylic acids is 2. The highest BCUT2D eigenvalue weighted by Crippen LogP contribution is 2.38. The van der Waals surface area contributed by atoms with E-state index in [2.05, 4.69) is 58.5 Å². The van der Waals surface area contributed by atoms with Crippen molar-refractivity contribution in [2.24, 2.45) is 0 Å². The van der Waals surface area contributed by atoms with Gasteiger partial charge in [-0.15, -0.1) is 0 Å². The zero-order valence-corrected chi connectivity index (χ0v) is 36.6. The lowest BCUT2D eigenvalue weighted by molar-refractivity contribution is -0.138. The molecule has 4 atom stereocenters. The van der Waals surface area contributed by atoms with E-state index in [9.17, 15) is 29.4 Å². The first kappa shape index (κ1) is 43.3. The van der Waals surface area contributed by atoms with Gasteiger partial charge in [0.05, 0.1) is 23.5 Å². The number of amides is 4. The summed E-state index contributed by atoms with van der Waals surface area (Å²) in [6.45, 7) is 1.03. The van der Waals surface area contributed by atoms with Crippen LogP contribution in [0, 0.1) is 0 Å². The molecule has 2 saturated heterocycles. The van der Waals surface area contributed by atoms with Crippen LogP contribution < -0.4 is 0 Å². The molecular formula is C52H50N8O6. The number of aromatic amines is 2. The molecule has 66 heavy (non-hydrogen) atoms. The predicted octanol–water partition coefficient (Wildman–Crippen LogP) is 9.83. The zero-order valence-electron chi connectivity index (χ0n) is 36.6. The second kappa shape index (κ2) is 18.6. The van der Waals surface area contributed by atoms with Crippen molar-refractivity contribution in [2.75, 3.05) is 27.2 Å². The number of hydrogen-bond donors (Lipinski definition) is 4. The first-order valence-electron chi connectivity index (χ1n) is 22.1. The number of benzene rings is 5. The van der Waals surface area contributed by atoms with Crippen LogP contribution in [-0.4, -0.2) is 101 Å². The van der Waals surface area contributed by atoms with Crippen molar-refractivity contribution in [3.63, 3.8) is 0 Å². The van der Waals surface area contributed by atoms with Crippen LogP contribution in [0.5, 0.6) is 0 Å². The number of rotatable bonds is 12. The van der Waals surface area contributed by atoms with Gasteiger partial charge in [0.1, 0.15) is 23.7 Å². The molecule has 0 aliphatic carbocycles. The summed E-state index contributed by atoms with van der Waals surface area (Å²) >= 11 is 0. The summed E-state index contributed by atoms with van der Waals surface area (Å²) in [6, 6.07) is 40.3. The lowest BCUT2D eigenvalue weighted by Crippen LogP contribution is -2.43. The van der Waals surface area contributed by atoms with Gasteiger partial charge in [-0.1, -0.05) is 133 Å². The molecular weight excluding hydrogens is 833 g/mol. The Hall–Kier alpha value is -8.00. The molecule has 5 aromatic carbocycles. The van der Waals surface area contributed by atoms with E-state index < -0.39 is 24.3 Å². The third-order valence-corrected chi connectivity index (χ3v) is 12.9. The Morgan fingerprint density at radius 2 is 0.833 bits per heavy atom. The van der Waals surface area contributed by atoms with Crippen molar-refractivity contribution < 1.29 is 29.4 Å². The third kappa shape index (κ3) is 8.64.